The van der Waals surface area contributed by atoms with E-state index >= 15 is 0 Å². The van der Waals surface area contributed by atoms with E-state index in [1.807, 2.05) is 14.0 Å². The Hall–Kier alpha value is -0.590. The SMILES string of the molecule is CNC(C)(C#N)CCCOC1CCC1. The first-order valence-electron chi connectivity index (χ1n) is 5.42. The molecule has 0 aromatic carbocycles. The third kappa shape index (κ3) is 3.28. The molecule has 1 unspecified atom stereocenters. The number of rotatable bonds is 6. The number of ether oxygens (including phenoxy) is 1. The van der Waals surface area contributed by atoms with Crippen LogP contribution in [-0.2, 0) is 4.74 Å². The van der Waals surface area contributed by atoms with E-state index in [1.165, 1.54) is 19.3 Å². The Morgan fingerprint density at radius 3 is 2.71 bits per heavy atom. The Labute approximate surface area is 86.4 Å². The largest absolute Gasteiger partial charge is 0.378 e. The smallest absolute Gasteiger partial charge is 0.103 e. The van der Waals surface area contributed by atoms with Crippen molar-refractivity contribution >= 4 is 0 Å². The summed E-state index contributed by atoms with van der Waals surface area (Å²) in [6.45, 7) is 2.72. The minimum atomic E-state index is -0.386. The summed E-state index contributed by atoms with van der Waals surface area (Å²) in [7, 11) is 1.83. The summed E-state index contributed by atoms with van der Waals surface area (Å²) >= 11 is 0. The van der Waals surface area contributed by atoms with E-state index in [1.54, 1.807) is 0 Å². The van der Waals surface area contributed by atoms with Crippen LogP contribution in [-0.4, -0.2) is 25.3 Å². The molecule has 0 aliphatic heterocycles. The Kier molecular flexibility index (Phi) is 4.37. The van der Waals surface area contributed by atoms with Crippen molar-refractivity contribution in [2.45, 2.75) is 50.7 Å². The number of hydrogen-bond acceptors (Lipinski definition) is 3. The molecule has 1 saturated carbocycles. The fourth-order valence-electron chi connectivity index (χ4n) is 1.45. The van der Waals surface area contributed by atoms with Crippen LogP contribution in [0.4, 0.5) is 0 Å². The summed E-state index contributed by atoms with van der Waals surface area (Å²) < 4.78 is 5.63. The van der Waals surface area contributed by atoms with Gasteiger partial charge in [0.25, 0.3) is 0 Å². The van der Waals surface area contributed by atoms with Gasteiger partial charge in [0.1, 0.15) is 5.54 Å². The minimum absolute atomic E-state index is 0.386. The van der Waals surface area contributed by atoms with Gasteiger partial charge >= 0.3 is 0 Å². The molecule has 80 valence electrons. The van der Waals surface area contributed by atoms with Crippen molar-refractivity contribution in [1.82, 2.24) is 5.32 Å². The van der Waals surface area contributed by atoms with Gasteiger partial charge in [0, 0.05) is 6.61 Å². The number of nitrogens with one attached hydrogen (secondary N) is 1. The first-order valence-corrected chi connectivity index (χ1v) is 5.42. The van der Waals surface area contributed by atoms with E-state index in [9.17, 15) is 0 Å². The lowest BCUT2D eigenvalue weighted by molar-refractivity contribution is -0.000484. The van der Waals surface area contributed by atoms with Gasteiger partial charge in [0.15, 0.2) is 0 Å². The van der Waals surface area contributed by atoms with Crippen molar-refractivity contribution in [2.75, 3.05) is 13.7 Å². The van der Waals surface area contributed by atoms with Gasteiger partial charge in [-0.25, -0.2) is 0 Å². The fraction of sp³-hybridized carbons (Fsp3) is 0.909. The van der Waals surface area contributed by atoms with E-state index in [2.05, 4.69) is 11.4 Å². The van der Waals surface area contributed by atoms with Gasteiger partial charge in [0.05, 0.1) is 12.2 Å². The molecule has 0 radical (unpaired) electrons. The summed E-state index contributed by atoms with van der Waals surface area (Å²) in [4.78, 5) is 0. The quantitative estimate of drug-likeness (QED) is 0.659. The maximum atomic E-state index is 8.90. The van der Waals surface area contributed by atoms with E-state index in [-0.39, 0.29) is 5.54 Å². The van der Waals surface area contributed by atoms with Gasteiger partial charge in [0.2, 0.25) is 0 Å². The lowest BCUT2D eigenvalue weighted by Crippen LogP contribution is -2.38. The van der Waals surface area contributed by atoms with Crippen molar-refractivity contribution < 1.29 is 4.74 Å². The standard InChI is InChI=1S/C11H20N2O/c1-11(9-12,13-2)7-4-8-14-10-5-3-6-10/h10,13H,3-8H2,1-2H3. The molecule has 0 bridgehead atoms. The summed E-state index contributed by atoms with van der Waals surface area (Å²) in [5, 5.41) is 11.9. The van der Waals surface area contributed by atoms with Gasteiger partial charge in [-0.15, -0.1) is 0 Å². The van der Waals surface area contributed by atoms with Crippen LogP contribution in [0.15, 0.2) is 0 Å². The van der Waals surface area contributed by atoms with Crippen LogP contribution in [0.1, 0.15) is 39.0 Å². The predicted octanol–water partition coefficient (Wildman–Crippen LogP) is 1.84. The second kappa shape index (κ2) is 5.33. The topological polar surface area (TPSA) is 45.0 Å². The third-order valence-electron chi connectivity index (χ3n) is 3.03. The molecule has 1 N–H and O–H groups in total. The molecule has 1 aliphatic carbocycles. The zero-order chi connectivity index (χ0) is 10.4. The van der Waals surface area contributed by atoms with E-state index in [0.717, 1.165) is 19.4 Å². The lowest BCUT2D eigenvalue weighted by Gasteiger charge is -2.26. The molecule has 0 heterocycles. The van der Waals surface area contributed by atoms with Crippen LogP contribution < -0.4 is 5.32 Å². The van der Waals surface area contributed by atoms with Crippen LogP contribution in [0.3, 0.4) is 0 Å². The van der Waals surface area contributed by atoms with Gasteiger partial charge in [-0.3, -0.25) is 0 Å². The second-order valence-corrected chi connectivity index (χ2v) is 4.22. The highest BCUT2D eigenvalue weighted by atomic mass is 16.5. The molecular formula is C11H20N2O. The predicted molar refractivity (Wildman–Crippen MR) is 55.9 cm³/mol. The molecule has 0 spiro atoms. The molecule has 14 heavy (non-hydrogen) atoms. The maximum absolute atomic E-state index is 8.90. The van der Waals surface area contributed by atoms with Crippen LogP contribution in [0.2, 0.25) is 0 Å². The van der Waals surface area contributed by atoms with Crippen molar-refractivity contribution in [1.29, 1.82) is 5.26 Å². The molecule has 3 nitrogen and oxygen atoms in total. The summed E-state index contributed by atoms with van der Waals surface area (Å²) in [5.41, 5.74) is -0.386. The van der Waals surface area contributed by atoms with Crippen molar-refractivity contribution in [3.8, 4) is 6.07 Å². The molecule has 3 heteroatoms. The summed E-state index contributed by atoms with van der Waals surface area (Å²) in [6.07, 6.45) is 6.09. The van der Waals surface area contributed by atoms with Crippen molar-refractivity contribution in [3.05, 3.63) is 0 Å². The van der Waals surface area contributed by atoms with E-state index in [0.29, 0.717) is 6.10 Å². The fourth-order valence-corrected chi connectivity index (χ4v) is 1.45. The molecule has 1 atom stereocenters. The first-order chi connectivity index (χ1) is 6.70. The number of hydrogen-bond donors (Lipinski definition) is 1. The highest BCUT2D eigenvalue weighted by Crippen LogP contribution is 2.22. The highest BCUT2D eigenvalue weighted by Gasteiger charge is 2.21. The average molecular weight is 196 g/mol. The Bertz CT molecular complexity index is 208. The van der Waals surface area contributed by atoms with Crippen LogP contribution in [0.25, 0.3) is 0 Å². The Balaban J connectivity index is 2.04. The molecule has 0 aromatic heterocycles. The van der Waals surface area contributed by atoms with Crippen LogP contribution in [0, 0.1) is 11.3 Å². The van der Waals surface area contributed by atoms with E-state index in [4.69, 9.17) is 10.00 Å². The minimum Gasteiger partial charge on any atom is -0.378 e. The van der Waals surface area contributed by atoms with Gasteiger partial charge in [-0.1, -0.05) is 0 Å². The molecule has 1 fully saturated rings. The van der Waals surface area contributed by atoms with Crippen molar-refractivity contribution in [2.24, 2.45) is 0 Å². The Morgan fingerprint density at radius 2 is 2.29 bits per heavy atom. The number of nitrogens with zero attached hydrogens (tertiary/aromatic N) is 1. The molecule has 0 saturated heterocycles. The van der Waals surface area contributed by atoms with Crippen LogP contribution in [0.5, 0.6) is 0 Å². The third-order valence-corrected chi connectivity index (χ3v) is 3.03. The van der Waals surface area contributed by atoms with Gasteiger partial charge in [-0.05, 0) is 46.1 Å². The highest BCUT2D eigenvalue weighted by molar-refractivity contribution is 5.02. The first kappa shape index (κ1) is 11.5. The normalized spacial score (nSPS) is 20.9. The molecule has 1 rings (SSSR count). The zero-order valence-corrected chi connectivity index (χ0v) is 9.18. The molecule has 0 amide bonds. The maximum Gasteiger partial charge on any atom is 0.103 e. The monoisotopic (exact) mass is 196 g/mol. The van der Waals surface area contributed by atoms with Gasteiger partial charge in [-0.2, -0.15) is 5.26 Å². The van der Waals surface area contributed by atoms with Crippen LogP contribution >= 0.6 is 0 Å². The molecular weight excluding hydrogens is 176 g/mol. The number of nitriles is 1. The van der Waals surface area contributed by atoms with E-state index < -0.39 is 0 Å². The average Bonchev–Trinajstić information content (AvgIpc) is 2.14. The zero-order valence-electron chi connectivity index (χ0n) is 9.18. The Morgan fingerprint density at radius 1 is 1.57 bits per heavy atom. The summed E-state index contributed by atoms with van der Waals surface area (Å²) in [6, 6.07) is 2.28. The second-order valence-electron chi connectivity index (χ2n) is 4.22. The van der Waals surface area contributed by atoms with Gasteiger partial charge < -0.3 is 10.1 Å². The molecule has 0 aromatic rings. The van der Waals surface area contributed by atoms with Crippen molar-refractivity contribution in [3.63, 3.8) is 0 Å². The lowest BCUT2D eigenvalue weighted by atomic mass is 9.96. The summed E-state index contributed by atoms with van der Waals surface area (Å²) in [5.74, 6) is 0. The molecule has 1 aliphatic rings.